The summed E-state index contributed by atoms with van der Waals surface area (Å²) >= 11 is 0. The van der Waals surface area contributed by atoms with Crippen LogP contribution in [0.4, 0.5) is 4.79 Å². The van der Waals surface area contributed by atoms with Crippen LogP contribution in [0.3, 0.4) is 0 Å². The normalized spacial score (nSPS) is 19.8. The van der Waals surface area contributed by atoms with Crippen molar-refractivity contribution >= 4 is 12.0 Å². The lowest BCUT2D eigenvalue weighted by Gasteiger charge is -2.25. The molecular weight excluding hydrogens is 248 g/mol. The van der Waals surface area contributed by atoms with E-state index in [1.54, 1.807) is 4.90 Å². The van der Waals surface area contributed by atoms with Gasteiger partial charge >= 0.3 is 12.0 Å². The summed E-state index contributed by atoms with van der Waals surface area (Å²) in [7, 11) is 0. The molecule has 19 heavy (non-hydrogen) atoms. The van der Waals surface area contributed by atoms with E-state index in [4.69, 9.17) is 10.2 Å². The van der Waals surface area contributed by atoms with Crippen LogP contribution in [-0.2, 0) is 4.79 Å². The van der Waals surface area contributed by atoms with Crippen LogP contribution in [0.25, 0.3) is 0 Å². The number of nitrogens with zero attached hydrogens (tertiary/aromatic N) is 1. The Morgan fingerprint density at radius 1 is 1.16 bits per heavy atom. The van der Waals surface area contributed by atoms with Gasteiger partial charge in [-0.2, -0.15) is 0 Å². The molecule has 6 nitrogen and oxygen atoms in total. The zero-order valence-electron chi connectivity index (χ0n) is 11.0. The highest BCUT2D eigenvalue weighted by Gasteiger charge is 2.32. The first-order valence-electron chi connectivity index (χ1n) is 6.99. The minimum Gasteiger partial charge on any atom is -0.480 e. The standard InChI is InChI=1S/C13H22N2O4/c16-6-5-11(12(17)18)14-13(19)15(7-9-1-2-9)8-10-3-4-10/h9-11,16H,1-8H2,(H,14,19)(H,17,18)/t11-/m0/s1. The molecule has 2 amide bonds. The van der Waals surface area contributed by atoms with Crippen molar-refractivity contribution < 1.29 is 19.8 Å². The smallest absolute Gasteiger partial charge is 0.326 e. The fourth-order valence-electron chi connectivity index (χ4n) is 2.09. The second-order valence-electron chi connectivity index (χ2n) is 5.64. The van der Waals surface area contributed by atoms with Crippen molar-refractivity contribution in [1.82, 2.24) is 10.2 Å². The molecule has 0 radical (unpaired) electrons. The second kappa shape index (κ2) is 6.23. The van der Waals surface area contributed by atoms with Crippen LogP contribution >= 0.6 is 0 Å². The number of nitrogens with one attached hydrogen (secondary N) is 1. The third-order valence-electron chi connectivity index (χ3n) is 3.65. The topological polar surface area (TPSA) is 89.9 Å². The molecule has 2 aliphatic carbocycles. The minimum absolute atomic E-state index is 0.0434. The molecule has 0 bridgehead atoms. The van der Waals surface area contributed by atoms with Crippen molar-refractivity contribution in [3.63, 3.8) is 0 Å². The molecule has 2 aliphatic rings. The highest BCUT2D eigenvalue weighted by molar-refractivity contribution is 5.82. The molecule has 0 spiro atoms. The first-order valence-corrected chi connectivity index (χ1v) is 6.99. The Balaban J connectivity index is 1.86. The molecule has 0 aromatic carbocycles. The molecule has 3 N–H and O–H groups in total. The number of hydrogen-bond acceptors (Lipinski definition) is 3. The summed E-state index contributed by atoms with van der Waals surface area (Å²) in [5.41, 5.74) is 0. The largest absolute Gasteiger partial charge is 0.480 e. The van der Waals surface area contributed by atoms with Crippen LogP contribution in [0.2, 0.25) is 0 Å². The number of aliphatic carboxylic acids is 1. The molecule has 2 rings (SSSR count). The average Bonchev–Trinajstić information content (AvgIpc) is 3.22. The number of hydrogen-bond donors (Lipinski definition) is 3. The Kier molecular flexibility index (Phi) is 4.63. The molecule has 0 heterocycles. The summed E-state index contributed by atoms with van der Waals surface area (Å²) < 4.78 is 0. The molecule has 6 heteroatoms. The van der Waals surface area contributed by atoms with Gasteiger partial charge in [0.1, 0.15) is 6.04 Å². The monoisotopic (exact) mass is 270 g/mol. The van der Waals surface area contributed by atoms with Crippen molar-refractivity contribution in [3.05, 3.63) is 0 Å². The van der Waals surface area contributed by atoms with E-state index in [-0.39, 0.29) is 19.1 Å². The third kappa shape index (κ3) is 4.70. The molecule has 2 fully saturated rings. The van der Waals surface area contributed by atoms with Gasteiger partial charge < -0.3 is 20.4 Å². The van der Waals surface area contributed by atoms with E-state index < -0.39 is 12.0 Å². The Morgan fingerprint density at radius 3 is 2.05 bits per heavy atom. The number of carboxylic acids is 1. The Morgan fingerprint density at radius 2 is 1.68 bits per heavy atom. The zero-order chi connectivity index (χ0) is 13.8. The minimum atomic E-state index is -1.10. The summed E-state index contributed by atoms with van der Waals surface area (Å²) in [6, 6.07) is -1.31. The second-order valence-corrected chi connectivity index (χ2v) is 5.64. The molecule has 108 valence electrons. The van der Waals surface area contributed by atoms with Crippen molar-refractivity contribution in [1.29, 1.82) is 0 Å². The van der Waals surface area contributed by atoms with Gasteiger partial charge in [-0.05, 0) is 37.5 Å². The number of carboxylic acid groups (broad SMARTS) is 1. The van der Waals surface area contributed by atoms with Crippen molar-refractivity contribution in [2.75, 3.05) is 19.7 Å². The zero-order valence-corrected chi connectivity index (χ0v) is 11.0. The van der Waals surface area contributed by atoms with Crippen molar-refractivity contribution in [2.45, 2.75) is 38.1 Å². The van der Waals surface area contributed by atoms with Crippen molar-refractivity contribution in [2.24, 2.45) is 11.8 Å². The SMILES string of the molecule is O=C(O)[C@H](CCO)NC(=O)N(CC1CC1)CC1CC1. The van der Waals surface area contributed by atoms with Gasteiger partial charge in [-0.3, -0.25) is 0 Å². The highest BCUT2D eigenvalue weighted by Crippen LogP contribution is 2.33. The van der Waals surface area contributed by atoms with Gasteiger partial charge in [0.15, 0.2) is 0 Å². The van der Waals surface area contributed by atoms with Gasteiger partial charge in [-0.1, -0.05) is 0 Å². The average molecular weight is 270 g/mol. The molecule has 0 saturated heterocycles. The Labute approximate surface area is 112 Å². The lowest BCUT2D eigenvalue weighted by Crippen LogP contribution is -2.49. The quantitative estimate of drug-likeness (QED) is 0.604. The Bertz CT molecular complexity index is 326. The first-order chi connectivity index (χ1) is 9.10. The van der Waals surface area contributed by atoms with Gasteiger partial charge in [0, 0.05) is 26.1 Å². The fourth-order valence-corrected chi connectivity index (χ4v) is 2.09. The van der Waals surface area contributed by atoms with Gasteiger partial charge in [-0.15, -0.1) is 0 Å². The van der Waals surface area contributed by atoms with E-state index >= 15 is 0 Å². The number of aliphatic hydroxyl groups excluding tert-OH is 1. The number of carbonyl (C=O) groups is 2. The molecule has 0 aliphatic heterocycles. The van der Waals surface area contributed by atoms with Crippen LogP contribution in [0.5, 0.6) is 0 Å². The van der Waals surface area contributed by atoms with E-state index in [2.05, 4.69) is 5.32 Å². The van der Waals surface area contributed by atoms with E-state index in [0.717, 1.165) is 38.8 Å². The molecule has 0 aromatic heterocycles. The lowest BCUT2D eigenvalue weighted by molar-refractivity contribution is -0.139. The summed E-state index contributed by atoms with van der Waals surface area (Å²) in [5, 5.41) is 20.3. The van der Waals surface area contributed by atoms with Crippen LogP contribution in [-0.4, -0.2) is 52.9 Å². The molecular formula is C13H22N2O4. The maximum Gasteiger partial charge on any atom is 0.326 e. The van der Waals surface area contributed by atoms with Crippen LogP contribution < -0.4 is 5.32 Å². The number of carbonyl (C=O) groups excluding carboxylic acids is 1. The van der Waals surface area contributed by atoms with Gasteiger partial charge in [0.2, 0.25) is 0 Å². The molecule has 0 aromatic rings. The fraction of sp³-hybridized carbons (Fsp3) is 0.846. The van der Waals surface area contributed by atoms with Crippen LogP contribution in [0, 0.1) is 11.8 Å². The number of urea groups is 1. The van der Waals surface area contributed by atoms with Crippen molar-refractivity contribution in [3.8, 4) is 0 Å². The number of rotatable bonds is 8. The maximum absolute atomic E-state index is 12.1. The first kappa shape index (κ1) is 14.1. The highest BCUT2D eigenvalue weighted by atomic mass is 16.4. The van der Waals surface area contributed by atoms with Gasteiger partial charge in [0.25, 0.3) is 0 Å². The number of aliphatic hydroxyl groups is 1. The third-order valence-corrected chi connectivity index (χ3v) is 3.65. The summed E-state index contributed by atoms with van der Waals surface area (Å²) in [4.78, 5) is 24.9. The van der Waals surface area contributed by atoms with Gasteiger partial charge in [-0.25, -0.2) is 9.59 Å². The summed E-state index contributed by atoms with van der Waals surface area (Å²) in [6.45, 7) is 1.21. The molecule has 1 atom stereocenters. The van der Waals surface area contributed by atoms with E-state index in [0.29, 0.717) is 11.8 Å². The van der Waals surface area contributed by atoms with E-state index in [1.165, 1.54) is 0 Å². The van der Waals surface area contributed by atoms with E-state index in [9.17, 15) is 9.59 Å². The predicted octanol–water partition coefficient (Wildman–Crippen LogP) is 0.654. The van der Waals surface area contributed by atoms with Gasteiger partial charge in [0.05, 0.1) is 0 Å². The molecule has 0 unspecified atom stereocenters. The predicted molar refractivity (Wildman–Crippen MR) is 68.7 cm³/mol. The molecule has 2 saturated carbocycles. The lowest BCUT2D eigenvalue weighted by atomic mass is 10.2. The van der Waals surface area contributed by atoms with Crippen LogP contribution in [0.15, 0.2) is 0 Å². The summed E-state index contributed by atoms with van der Waals surface area (Å²) in [6.07, 6.45) is 4.68. The maximum atomic E-state index is 12.1. The van der Waals surface area contributed by atoms with E-state index in [1.807, 2.05) is 0 Å². The Hall–Kier alpha value is -1.30. The number of amides is 2. The summed E-state index contributed by atoms with van der Waals surface area (Å²) in [5.74, 6) is 0.0800. The van der Waals surface area contributed by atoms with Crippen LogP contribution in [0.1, 0.15) is 32.1 Å².